The van der Waals surface area contributed by atoms with E-state index in [9.17, 15) is 0 Å². The van der Waals surface area contributed by atoms with Gasteiger partial charge < -0.3 is 14.3 Å². The van der Waals surface area contributed by atoms with Crippen LogP contribution in [-0.4, -0.2) is 11.8 Å². The van der Waals surface area contributed by atoms with Crippen LogP contribution in [0.5, 0.6) is 0 Å². The summed E-state index contributed by atoms with van der Waals surface area (Å²) in [6.07, 6.45) is 2.37. The van der Waals surface area contributed by atoms with Crippen LogP contribution in [0, 0.1) is 6.92 Å². The predicted molar refractivity (Wildman–Crippen MR) is 245 cm³/mol. The Kier molecular flexibility index (Phi) is 6.60. The molecule has 3 nitrogen and oxygen atoms in total. The Bertz CT molecular complexity index is 3380. The number of hydrogen-bond acceptors (Lipinski definition) is 2. The van der Waals surface area contributed by atoms with Crippen LogP contribution in [0.15, 0.2) is 138 Å². The number of para-hydroxylation sites is 2. The molecule has 274 valence electrons. The number of fused-ring (bicyclic) bond motifs is 12. The van der Waals surface area contributed by atoms with Crippen LogP contribution in [0.25, 0.3) is 82.1 Å². The third kappa shape index (κ3) is 4.56. The van der Waals surface area contributed by atoms with E-state index in [2.05, 4.69) is 178 Å². The second-order valence-electron chi connectivity index (χ2n) is 18.0. The maximum absolute atomic E-state index is 7.03. The molecule has 0 fully saturated rings. The summed E-state index contributed by atoms with van der Waals surface area (Å²) in [5.41, 5.74) is 17.3. The second-order valence-corrected chi connectivity index (χ2v) is 18.0. The van der Waals surface area contributed by atoms with Crippen molar-refractivity contribution in [3.8, 4) is 16.8 Å². The molecule has 0 radical (unpaired) electrons. The first kappa shape index (κ1) is 32.9. The highest BCUT2D eigenvalue weighted by atomic mass is 16.3. The molecule has 8 aromatic carbocycles. The quantitative estimate of drug-likeness (QED) is 0.183. The highest BCUT2D eigenvalue weighted by Crippen LogP contribution is 2.49. The molecule has 2 aromatic heterocycles. The SMILES string of the molecule is Cc1cc2c(cc1Nc1ccc3c(oc4ccccc43)c1-c1c3c(cc4ccccc14)-n1c4c(cccc4c4ccc5ccccc5c41)B3)C(C)(C)CCC2(C)C. The molecule has 0 saturated carbocycles. The van der Waals surface area contributed by atoms with Crippen molar-refractivity contribution in [3.05, 3.63) is 150 Å². The van der Waals surface area contributed by atoms with Crippen LogP contribution in [0.3, 0.4) is 0 Å². The summed E-state index contributed by atoms with van der Waals surface area (Å²) < 4.78 is 9.61. The van der Waals surface area contributed by atoms with E-state index < -0.39 is 0 Å². The highest BCUT2D eigenvalue weighted by Gasteiger charge is 2.38. The summed E-state index contributed by atoms with van der Waals surface area (Å²) in [6, 6.07) is 49.7. The van der Waals surface area contributed by atoms with Crippen molar-refractivity contribution in [2.24, 2.45) is 0 Å². The van der Waals surface area contributed by atoms with E-state index in [1.165, 1.54) is 95.1 Å². The molecular weight excluding hydrogens is 691 g/mol. The van der Waals surface area contributed by atoms with Gasteiger partial charge in [0.1, 0.15) is 11.2 Å². The molecule has 3 heterocycles. The van der Waals surface area contributed by atoms with Crippen LogP contribution >= 0.6 is 0 Å². The van der Waals surface area contributed by atoms with E-state index in [1.807, 2.05) is 0 Å². The first-order valence-electron chi connectivity index (χ1n) is 20.5. The summed E-state index contributed by atoms with van der Waals surface area (Å²) >= 11 is 0. The molecule has 2 aliphatic rings. The Hall–Kier alpha value is -6.26. The lowest BCUT2D eigenvalue weighted by molar-refractivity contribution is 0.332. The Balaban J connectivity index is 1.20. The second kappa shape index (κ2) is 11.4. The summed E-state index contributed by atoms with van der Waals surface area (Å²) in [6.45, 7) is 11.9. The van der Waals surface area contributed by atoms with E-state index >= 15 is 0 Å². The van der Waals surface area contributed by atoms with Gasteiger partial charge in [0.2, 0.25) is 0 Å². The van der Waals surface area contributed by atoms with Gasteiger partial charge in [0.15, 0.2) is 7.28 Å². The van der Waals surface area contributed by atoms with Crippen molar-refractivity contribution in [1.29, 1.82) is 0 Å². The van der Waals surface area contributed by atoms with Crippen molar-refractivity contribution in [2.75, 3.05) is 5.32 Å². The lowest BCUT2D eigenvalue weighted by atomic mass is 9.58. The summed E-state index contributed by atoms with van der Waals surface area (Å²) in [4.78, 5) is 0. The molecule has 0 spiro atoms. The molecule has 57 heavy (non-hydrogen) atoms. The summed E-state index contributed by atoms with van der Waals surface area (Å²) in [5, 5.41) is 13.9. The number of benzene rings is 8. The minimum absolute atomic E-state index is 0.0949. The van der Waals surface area contributed by atoms with E-state index in [-0.39, 0.29) is 10.8 Å². The van der Waals surface area contributed by atoms with Gasteiger partial charge in [0, 0.05) is 49.4 Å². The van der Waals surface area contributed by atoms with Gasteiger partial charge in [-0.2, -0.15) is 0 Å². The zero-order chi connectivity index (χ0) is 38.4. The zero-order valence-corrected chi connectivity index (χ0v) is 33.2. The van der Waals surface area contributed by atoms with Crippen molar-refractivity contribution in [1.82, 2.24) is 4.57 Å². The number of nitrogens with one attached hydrogen (secondary N) is 1. The molecule has 0 saturated heterocycles. The standard InChI is InChI=1S/C53H43BN2O/c1-30-27-39-40(53(4,5)26-25-52(39,2)3)29-43(30)55-42-24-23-38-35-17-10-11-20-45(35)57-51(38)47(42)46-33-15-8-7-14-32(33)28-44-48(46)54-41-19-12-18-36-37-22-21-31-13-6-9-16-34(31)49(37)56(44)50(36)41/h6-24,27-29,54-55H,25-26H2,1-5H3. The molecular formula is C53H43BN2O. The van der Waals surface area contributed by atoms with Crippen molar-refractivity contribution in [2.45, 2.75) is 58.3 Å². The van der Waals surface area contributed by atoms with Crippen molar-refractivity contribution in [3.63, 3.8) is 0 Å². The molecule has 0 bridgehead atoms. The smallest absolute Gasteiger partial charge is 0.198 e. The maximum atomic E-state index is 7.03. The first-order valence-corrected chi connectivity index (χ1v) is 20.5. The number of aryl methyl sites for hydroxylation is 1. The van der Waals surface area contributed by atoms with Crippen molar-refractivity contribution >= 4 is 94.9 Å². The minimum Gasteiger partial charge on any atom is -0.455 e. The number of aromatic nitrogens is 1. The molecule has 10 aromatic rings. The maximum Gasteiger partial charge on any atom is 0.198 e. The van der Waals surface area contributed by atoms with Gasteiger partial charge in [0.05, 0.1) is 11.2 Å². The lowest BCUT2D eigenvalue weighted by Gasteiger charge is -2.42. The molecule has 1 aliphatic heterocycles. The summed E-state index contributed by atoms with van der Waals surface area (Å²) in [7, 11) is 0.818. The topological polar surface area (TPSA) is 30.1 Å². The minimum atomic E-state index is 0.0949. The molecule has 1 N–H and O–H groups in total. The van der Waals surface area contributed by atoms with Gasteiger partial charge in [-0.3, -0.25) is 0 Å². The average molecular weight is 735 g/mol. The molecule has 0 unspecified atom stereocenters. The third-order valence-electron chi connectivity index (χ3n) is 13.8. The number of rotatable bonds is 3. The zero-order valence-electron chi connectivity index (χ0n) is 33.2. The normalized spacial score (nSPS) is 15.4. The van der Waals surface area contributed by atoms with Crippen LogP contribution in [0.2, 0.25) is 0 Å². The molecule has 1 aliphatic carbocycles. The van der Waals surface area contributed by atoms with Crippen molar-refractivity contribution < 1.29 is 4.42 Å². The number of nitrogens with zero attached hydrogens (tertiary/aromatic N) is 1. The van der Waals surface area contributed by atoms with Gasteiger partial charge in [-0.05, 0) is 105 Å². The van der Waals surface area contributed by atoms with Gasteiger partial charge in [-0.1, -0.05) is 136 Å². The fourth-order valence-electron chi connectivity index (χ4n) is 10.7. The molecule has 0 atom stereocenters. The number of furan rings is 1. The van der Waals surface area contributed by atoms with Gasteiger partial charge >= 0.3 is 0 Å². The monoisotopic (exact) mass is 734 g/mol. The van der Waals surface area contributed by atoms with Crippen LogP contribution < -0.4 is 16.2 Å². The van der Waals surface area contributed by atoms with E-state index in [0.29, 0.717) is 0 Å². The largest absolute Gasteiger partial charge is 0.455 e. The van der Waals surface area contributed by atoms with Gasteiger partial charge in [-0.15, -0.1) is 0 Å². The Labute approximate surface area is 333 Å². The Morgan fingerprint density at radius 2 is 1.23 bits per heavy atom. The Morgan fingerprint density at radius 3 is 2.05 bits per heavy atom. The molecule has 12 rings (SSSR count). The fourth-order valence-corrected chi connectivity index (χ4v) is 10.7. The Morgan fingerprint density at radius 1 is 0.561 bits per heavy atom. The highest BCUT2D eigenvalue weighted by molar-refractivity contribution is 6.74. The number of anilines is 2. The average Bonchev–Trinajstić information content (AvgIpc) is 3.77. The van der Waals surface area contributed by atoms with Gasteiger partial charge in [-0.25, -0.2) is 0 Å². The fraction of sp³-hybridized carbons (Fsp3) is 0.170. The van der Waals surface area contributed by atoms with Gasteiger partial charge in [0.25, 0.3) is 0 Å². The summed E-state index contributed by atoms with van der Waals surface area (Å²) in [5.74, 6) is 0. The first-order chi connectivity index (χ1) is 27.7. The van der Waals surface area contributed by atoms with E-state index in [4.69, 9.17) is 4.42 Å². The van der Waals surface area contributed by atoms with Crippen LogP contribution in [-0.2, 0) is 10.8 Å². The van der Waals surface area contributed by atoms with E-state index in [1.54, 1.807) is 0 Å². The predicted octanol–water partition coefficient (Wildman–Crippen LogP) is 12.8. The molecule has 4 heteroatoms. The number of hydrogen-bond donors (Lipinski definition) is 1. The lowest BCUT2D eigenvalue weighted by Crippen LogP contribution is -2.37. The van der Waals surface area contributed by atoms with E-state index in [0.717, 1.165) is 46.2 Å². The van der Waals surface area contributed by atoms with Crippen LogP contribution in [0.1, 0.15) is 57.2 Å². The molecule has 0 amide bonds. The van der Waals surface area contributed by atoms with Crippen LogP contribution in [0.4, 0.5) is 11.4 Å². The third-order valence-corrected chi connectivity index (χ3v) is 13.8.